The number of ether oxygens (including phenoxy) is 1. The van der Waals surface area contributed by atoms with Crippen LogP contribution in [0.25, 0.3) is 0 Å². The summed E-state index contributed by atoms with van der Waals surface area (Å²) in [5, 5.41) is 2.78. The number of nitrogens with one attached hydrogen (secondary N) is 1. The fourth-order valence-electron chi connectivity index (χ4n) is 4.77. The van der Waals surface area contributed by atoms with Crippen molar-refractivity contribution in [3.05, 3.63) is 29.8 Å². The number of piperidine rings is 2. The van der Waals surface area contributed by atoms with Crippen molar-refractivity contribution in [3.8, 4) is 0 Å². The van der Waals surface area contributed by atoms with Gasteiger partial charge in [0.15, 0.2) is 0 Å². The van der Waals surface area contributed by atoms with E-state index in [1.54, 1.807) is 4.90 Å². The molecular formula is C21H29N3O3. The number of amides is 2. The number of benzene rings is 1. The van der Waals surface area contributed by atoms with Crippen LogP contribution in [0.5, 0.6) is 0 Å². The third kappa shape index (κ3) is 3.81. The molecule has 3 aliphatic rings. The zero-order valence-corrected chi connectivity index (χ0v) is 16.0. The number of likely N-dealkylation sites (tertiary alicyclic amines) is 2. The number of carbonyl (C=O) groups excluding carboxylic acids is 2. The van der Waals surface area contributed by atoms with E-state index in [1.807, 2.05) is 24.3 Å². The fourth-order valence-corrected chi connectivity index (χ4v) is 4.77. The van der Waals surface area contributed by atoms with Crippen LogP contribution in [0, 0.1) is 11.8 Å². The van der Waals surface area contributed by atoms with E-state index in [1.165, 1.54) is 25.9 Å². The van der Waals surface area contributed by atoms with Crippen molar-refractivity contribution in [1.82, 2.24) is 9.80 Å². The van der Waals surface area contributed by atoms with Gasteiger partial charge in [-0.15, -0.1) is 0 Å². The van der Waals surface area contributed by atoms with Gasteiger partial charge >= 0.3 is 6.09 Å². The molecule has 0 bridgehead atoms. The molecule has 0 aliphatic carbocycles. The van der Waals surface area contributed by atoms with E-state index in [9.17, 15) is 9.59 Å². The third-order valence-corrected chi connectivity index (χ3v) is 6.50. The lowest BCUT2D eigenvalue weighted by atomic mass is 9.79. The normalized spacial score (nSPS) is 24.6. The van der Waals surface area contributed by atoms with E-state index in [2.05, 4.69) is 17.1 Å². The molecule has 2 amide bonds. The summed E-state index contributed by atoms with van der Waals surface area (Å²) < 4.78 is 5.57. The number of para-hydroxylation sites is 1. The van der Waals surface area contributed by atoms with Crippen molar-refractivity contribution in [3.63, 3.8) is 0 Å². The van der Waals surface area contributed by atoms with Gasteiger partial charge in [-0.05, 0) is 63.2 Å². The summed E-state index contributed by atoms with van der Waals surface area (Å²) in [7, 11) is 0. The van der Waals surface area contributed by atoms with Crippen LogP contribution in [0.4, 0.5) is 10.5 Å². The van der Waals surface area contributed by atoms with Crippen LogP contribution in [-0.4, -0.2) is 54.5 Å². The Kier molecular flexibility index (Phi) is 5.34. The van der Waals surface area contributed by atoms with Crippen molar-refractivity contribution in [2.45, 2.75) is 38.7 Å². The van der Waals surface area contributed by atoms with Gasteiger partial charge in [-0.1, -0.05) is 25.1 Å². The Morgan fingerprint density at radius 3 is 2.37 bits per heavy atom. The van der Waals surface area contributed by atoms with Crippen molar-refractivity contribution in [2.24, 2.45) is 11.8 Å². The molecule has 2 saturated heterocycles. The molecule has 0 aromatic heterocycles. The highest BCUT2D eigenvalue weighted by Crippen LogP contribution is 2.35. The first kappa shape index (κ1) is 18.3. The van der Waals surface area contributed by atoms with E-state index in [0.717, 1.165) is 49.6 Å². The molecule has 27 heavy (non-hydrogen) atoms. The lowest BCUT2D eigenvalue weighted by Gasteiger charge is -2.39. The summed E-state index contributed by atoms with van der Waals surface area (Å²) in [5.74, 6) is 1.24. The largest absolute Gasteiger partial charge is 0.431 e. The molecular weight excluding hydrogens is 342 g/mol. The Balaban J connectivity index is 1.29. The molecule has 3 aliphatic heterocycles. The molecule has 0 radical (unpaired) electrons. The molecule has 1 unspecified atom stereocenters. The van der Waals surface area contributed by atoms with Crippen LogP contribution < -0.4 is 5.32 Å². The molecule has 1 aromatic rings. The fraction of sp³-hybridized carbons (Fsp3) is 0.619. The minimum atomic E-state index is -0.829. The zero-order chi connectivity index (χ0) is 18.8. The number of fused-ring (bicyclic) bond motifs is 1. The molecule has 0 saturated carbocycles. The summed E-state index contributed by atoms with van der Waals surface area (Å²) in [4.78, 5) is 29.0. The standard InChI is InChI=1S/C21H29N3O3/c1-2-23-11-7-15(8-12-23)16-9-13-24(14-10-16)21(26)27-19-17-5-3-4-6-18(17)22-20(19)25/h3-6,15-16,19H,2,7-14H2,1H3,(H,22,25). The number of hydrogen-bond acceptors (Lipinski definition) is 4. The Labute approximate surface area is 160 Å². The van der Waals surface area contributed by atoms with Gasteiger partial charge in [-0.25, -0.2) is 4.79 Å². The molecule has 6 heteroatoms. The molecule has 4 rings (SSSR count). The Morgan fingerprint density at radius 2 is 1.70 bits per heavy atom. The first-order valence-corrected chi connectivity index (χ1v) is 10.2. The Hall–Kier alpha value is -2.08. The number of anilines is 1. The van der Waals surface area contributed by atoms with Gasteiger partial charge in [0.1, 0.15) is 0 Å². The summed E-state index contributed by atoms with van der Waals surface area (Å²) >= 11 is 0. The van der Waals surface area contributed by atoms with Crippen LogP contribution in [-0.2, 0) is 9.53 Å². The number of rotatable bonds is 3. The monoisotopic (exact) mass is 371 g/mol. The van der Waals surface area contributed by atoms with Crippen molar-refractivity contribution in [2.75, 3.05) is 38.0 Å². The molecule has 1 aromatic carbocycles. The van der Waals surface area contributed by atoms with Gasteiger partial charge in [0, 0.05) is 24.3 Å². The van der Waals surface area contributed by atoms with Crippen molar-refractivity contribution < 1.29 is 14.3 Å². The van der Waals surface area contributed by atoms with Crippen molar-refractivity contribution >= 4 is 17.7 Å². The van der Waals surface area contributed by atoms with Crippen molar-refractivity contribution in [1.29, 1.82) is 0 Å². The second-order valence-corrected chi connectivity index (χ2v) is 7.94. The summed E-state index contributed by atoms with van der Waals surface area (Å²) in [5.41, 5.74) is 1.48. The Morgan fingerprint density at radius 1 is 1.07 bits per heavy atom. The van der Waals surface area contributed by atoms with Gasteiger partial charge in [0.25, 0.3) is 5.91 Å². The van der Waals surface area contributed by atoms with Gasteiger partial charge in [-0.3, -0.25) is 4.79 Å². The summed E-state index contributed by atoms with van der Waals surface area (Å²) in [6.07, 6.45) is 3.44. The lowest BCUT2D eigenvalue weighted by Crippen LogP contribution is -2.43. The summed E-state index contributed by atoms with van der Waals surface area (Å²) in [6.45, 7) is 7.25. The smallest absolute Gasteiger partial charge is 0.410 e. The lowest BCUT2D eigenvalue weighted by molar-refractivity contribution is -0.124. The van der Waals surface area contributed by atoms with Crippen LogP contribution in [0.15, 0.2) is 24.3 Å². The third-order valence-electron chi connectivity index (χ3n) is 6.50. The highest BCUT2D eigenvalue weighted by molar-refractivity contribution is 6.02. The second-order valence-electron chi connectivity index (χ2n) is 7.94. The zero-order valence-electron chi connectivity index (χ0n) is 16.0. The highest BCUT2D eigenvalue weighted by atomic mass is 16.6. The first-order chi connectivity index (χ1) is 13.2. The van der Waals surface area contributed by atoms with Crippen LogP contribution >= 0.6 is 0 Å². The average molecular weight is 371 g/mol. The van der Waals surface area contributed by atoms with E-state index < -0.39 is 6.10 Å². The molecule has 3 heterocycles. The molecule has 1 N–H and O–H groups in total. The van der Waals surface area contributed by atoms with Gasteiger partial charge < -0.3 is 19.9 Å². The van der Waals surface area contributed by atoms with Gasteiger partial charge in [0.2, 0.25) is 6.10 Å². The van der Waals surface area contributed by atoms with E-state index in [4.69, 9.17) is 4.74 Å². The highest BCUT2D eigenvalue weighted by Gasteiger charge is 2.36. The first-order valence-electron chi connectivity index (χ1n) is 10.2. The Bertz CT molecular complexity index is 692. The van der Waals surface area contributed by atoms with Crippen LogP contribution in [0.2, 0.25) is 0 Å². The number of nitrogens with zero attached hydrogens (tertiary/aromatic N) is 2. The van der Waals surface area contributed by atoms with Gasteiger partial charge in [0.05, 0.1) is 0 Å². The minimum Gasteiger partial charge on any atom is -0.431 e. The maximum absolute atomic E-state index is 12.6. The topological polar surface area (TPSA) is 61.9 Å². The SMILES string of the molecule is CCN1CCC(C2CCN(C(=O)OC3C(=O)Nc4ccccc43)CC2)CC1. The molecule has 2 fully saturated rings. The quantitative estimate of drug-likeness (QED) is 0.886. The summed E-state index contributed by atoms with van der Waals surface area (Å²) in [6, 6.07) is 7.38. The van der Waals surface area contributed by atoms with Crippen LogP contribution in [0.1, 0.15) is 44.3 Å². The molecule has 146 valence electrons. The number of carbonyl (C=O) groups is 2. The molecule has 1 atom stereocenters. The van der Waals surface area contributed by atoms with Gasteiger partial charge in [-0.2, -0.15) is 0 Å². The minimum absolute atomic E-state index is 0.262. The maximum Gasteiger partial charge on any atom is 0.410 e. The molecule has 6 nitrogen and oxygen atoms in total. The molecule has 0 spiro atoms. The average Bonchev–Trinajstić information content (AvgIpc) is 3.03. The van der Waals surface area contributed by atoms with E-state index in [-0.39, 0.29) is 12.0 Å². The second kappa shape index (κ2) is 7.89. The van der Waals surface area contributed by atoms with E-state index >= 15 is 0 Å². The predicted octanol–water partition coefficient (Wildman–Crippen LogP) is 3.26. The van der Waals surface area contributed by atoms with E-state index in [0.29, 0.717) is 5.92 Å². The maximum atomic E-state index is 12.6. The number of hydrogen-bond donors (Lipinski definition) is 1. The van der Waals surface area contributed by atoms with Crippen LogP contribution in [0.3, 0.4) is 0 Å². The predicted molar refractivity (Wildman–Crippen MR) is 103 cm³/mol.